The van der Waals surface area contributed by atoms with Gasteiger partial charge in [0.05, 0.1) is 12.5 Å². The van der Waals surface area contributed by atoms with Crippen LogP contribution in [0.1, 0.15) is 27.2 Å². The molecular formula is C11H17NO6. The minimum absolute atomic E-state index is 0.170. The van der Waals surface area contributed by atoms with Gasteiger partial charge in [0.25, 0.3) is 0 Å². The maximum Gasteiger partial charge on any atom is 0.407 e. The number of hydrogen-bond acceptors (Lipinski definition) is 5. The highest BCUT2D eigenvalue weighted by Crippen LogP contribution is 2.17. The van der Waals surface area contributed by atoms with Gasteiger partial charge in [-0.15, -0.1) is 0 Å². The number of amides is 1. The monoisotopic (exact) mass is 259 g/mol. The maximum absolute atomic E-state index is 11.5. The van der Waals surface area contributed by atoms with E-state index >= 15 is 0 Å². The largest absolute Gasteiger partial charge is 0.481 e. The summed E-state index contributed by atoms with van der Waals surface area (Å²) in [6.07, 6.45) is -0.913. The molecule has 7 heteroatoms. The first-order chi connectivity index (χ1) is 8.19. The number of ether oxygens (including phenoxy) is 2. The summed E-state index contributed by atoms with van der Waals surface area (Å²) in [6, 6.07) is -0.807. The lowest BCUT2D eigenvalue weighted by atomic mass is 9.96. The molecule has 1 heterocycles. The molecule has 7 nitrogen and oxygen atoms in total. The predicted octanol–water partition coefficient (Wildman–Crippen LogP) is 0.527. The van der Waals surface area contributed by atoms with Crippen LogP contribution in [-0.2, 0) is 19.1 Å². The summed E-state index contributed by atoms with van der Waals surface area (Å²) < 4.78 is 9.66. The van der Waals surface area contributed by atoms with E-state index in [4.69, 9.17) is 9.84 Å². The summed E-state index contributed by atoms with van der Waals surface area (Å²) in [7, 11) is 0. The van der Waals surface area contributed by atoms with Gasteiger partial charge in [0, 0.05) is 0 Å². The number of nitrogens with one attached hydrogen (secondary N) is 1. The summed E-state index contributed by atoms with van der Waals surface area (Å²) in [5, 5.41) is 11.4. The lowest BCUT2D eigenvalue weighted by Crippen LogP contribution is -2.50. The first kappa shape index (κ1) is 14.3. The number of rotatable bonds is 2. The number of hydrogen-bond donors (Lipinski definition) is 2. The van der Waals surface area contributed by atoms with E-state index in [9.17, 15) is 14.4 Å². The summed E-state index contributed by atoms with van der Waals surface area (Å²) in [5.74, 6) is -2.60. The minimum atomic E-state index is -1.12. The molecule has 2 unspecified atom stereocenters. The van der Waals surface area contributed by atoms with Crippen molar-refractivity contribution in [2.45, 2.75) is 38.8 Å². The Morgan fingerprint density at radius 2 is 2.06 bits per heavy atom. The van der Waals surface area contributed by atoms with Crippen LogP contribution >= 0.6 is 0 Å². The second-order valence-corrected chi connectivity index (χ2v) is 5.08. The first-order valence-electron chi connectivity index (χ1n) is 5.57. The zero-order chi connectivity index (χ0) is 13.9. The van der Waals surface area contributed by atoms with E-state index in [2.05, 4.69) is 10.1 Å². The van der Waals surface area contributed by atoms with Crippen molar-refractivity contribution in [1.29, 1.82) is 0 Å². The van der Waals surface area contributed by atoms with Gasteiger partial charge >= 0.3 is 18.0 Å². The molecule has 0 spiro atoms. The lowest BCUT2D eigenvalue weighted by Gasteiger charge is -2.29. The molecule has 2 N–H and O–H groups in total. The van der Waals surface area contributed by atoms with Crippen LogP contribution in [0.3, 0.4) is 0 Å². The highest BCUT2D eigenvalue weighted by molar-refractivity contribution is 5.79. The van der Waals surface area contributed by atoms with Crippen LogP contribution in [0, 0.1) is 5.92 Å². The van der Waals surface area contributed by atoms with E-state index in [-0.39, 0.29) is 13.0 Å². The van der Waals surface area contributed by atoms with E-state index in [1.807, 2.05) is 0 Å². The second-order valence-electron chi connectivity index (χ2n) is 5.08. The van der Waals surface area contributed by atoms with Crippen molar-refractivity contribution in [2.75, 3.05) is 6.61 Å². The number of carboxylic acid groups (broad SMARTS) is 1. The molecule has 1 fully saturated rings. The number of esters is 1. The summed E-state index contributed by atoms with van der Waals surface area (Å²) in [4.78, 5) is 33.6. The fourth-order valence-corrected chi connectivity index (χ4v) is 1.53. The SMILES string of the molecule is CC(C)(C)OC(=O)NC1CC(=O)OCC1C(=O)O. The van der Waals surface area contributed by atoms with Gasteiger partial charge in [-0.3, -0.25) is 9.59 Å². The second kappa shape index (κ2) is 5.24. The molecule has 0 aromatic rings. The van der Waals surface area contributed by atoms with Gasteiger partial charge < -0.3 is 19.9 Å². The molecule has 0 saturated carbocycles. The third-order valence-electron chi connectivity index (χ3n) is 2.32. The summed E-state index contributed by atoms with van der Waals surface area (Å²) in [6.45, 7) is 4.83. The van der Waals surface area contributed by atoms with E-state index in [1.54, 1.807) is 20.8 Å². The maximum atomic E-state index is 11.5. The Kier molecular flexibility index (Phi) is 4.15. The van der Waals surface area contributed by atoms with Crippen LogP contribution < -0.4 is 5.32 Å². The Labute approximate surface area is 104 Å². The van der Waals surface area contributed by atoms with Crippen LogP contribution in [0.15, 0.2) is 0 Å². The van der Waals surface area contributed by atoms with Crippen molar-refractivity contribution >= 4 is 18.0 Å². The van der Waals surface area contributed by atoms with Crippen molar-refractivity contribution in [2.24, 2.45) is 5.92 Å². The third kappa shape index (κ3) is 4.23. The predicted molar refractivity (Wildman–Crippen MR) is 59.9 cm³/mol. The van der Waals surface area contributed by atoms with Crippen LogP contribution in [0.2, 0.25) is 0 Å². The normalized spacial score (nSPS) is 24.1. The fourth-order valence-electron chi connectivity index (χ4n) is 1.53. The smallest absolute Gasteiger partial charge is 0.407 e. The van der Waals surface area contributed by atoms with E-state index in [0.29, 0.717) is 0 Å². The van der Waals surface area contributed by atoms with Gasteiger partial charge in [0.15, 0.2) is 0 Å². The molecule has 0 aromatic carbocycles. The van der Waals surface area contributed by atoms with Crippen molar-refractivity contribution in [1.82, 2.24) is 5.32 Å². The number of alkyl carbamates (subject to hydrolysis) is 1. The third-order valence-corrected chi connectivity index (χ3v) is 2.32. The average molecular weight is 259 g/mol. The molecule has 0 bridgehead atoms. The molecular weight excluding hydrogens is 242 g/mol. The van der Waals surface area contributed by atoms with Crippen LogP contribution in [0.4, 0.5) is 4.79 Å². The Balaban J connectivity index is 2.63. The van der Waals surface area contributed by atoms with Crippen molar-refractivity contribution in [3.05, 3.63) is 0 Å². The minimum Gasteiger partial charge on any atom is -0.481 e. The number of aliphatic carboxylic acids is 1. The zero-order valence-corrected chi connectivity index (χ0v) is 10.6. The standard InChI is InChI=1S/C11H17NO6/c1-11(2,3)18-10(16)12-7-4-8(13)17-5-6(7)9(14)15/h6-7H,4-5H2,1-3H3,(H,12,16)(H,14,15). The molecule has 1 aliphatic heterocycles. The van der Waals surface area contributed by atoms with E-state index < -0.39 is 35.6 Å². The fraction of sp³-hybridized carbons (Fsp3) is 0.727. The molecule has 18 heavy (non-hydrogen) atoms. The number of cyclic esters (lactones) is 1. The van der Waals surface area contributed by atoms with Crippen molar-refractivity contribution in [3.63, 3.8) is 0 Å². The van der Waals surface area contributed by atoms with Crippen molar-refractivity contribution in [3.8, 4) is 0 Å². The molecule has 0 aliphatic carbocycles. The molecule has 0 aromatic heterocycles. The first-order valence-corrected chi connectivity index (χ1v) is 5.57. The van der Waals surface area contributed by atoms with Crippen molar-refractivity contribution < 1.29 is 29.0 Å². The van der Waals surface area contributed by atoms with Crippen LogP contribution in [0.25, 0.3) is 0 Å². The molecule has 1 saturated heterocycles. The van der Waals surface area contributed by atoms with Crippen LogP contribution in [-0.4, -0.2) is 41.4 Å². The highest BCUT2D eigenvalue weighted by Gasteiger charge is 2.37. The van der Waals surface area contributed by atoms with E-state index in [1.165, 1.54) is 0 Å². The Morgan fingerprint density at radius 1 is 1.44 bits per heavy atom. The topological polar surface area (TPSA) is 102 Å². The number of carboxylic acids is 1. The molecule has 2 atom stereocenters. The lowest BCUT2D eigenvalue weighted by molar-refractivity contribution is -0.159. The summed E-state index contributed by atoms with van der Waals surface area (Å²) >= 11 is 0. The Morgan fingerprint density at radius 3 is 2.56 bits per heavy atom. The van der Waals surface area contributed by atoms with Gasteiger partial charge in [-0.25, -0.2) is 4.79 Å². The van der Waals surface area contributed by atoms with Crippen LogP contribution in [0.5, 0.6) is 0 Å². The summed E-state index contributed by atoms with van der Waals surface area (Å²) in [5.41, 5.74) is -0.683. The molecule has 1 rings (SSSR count). The number of carbonyl (C=O) groups is 3. The molecule has 1 amide bonds. The molecule has 102 valence electrons. The Hall–Kier alpha value is -1.79. The van der Waals surface area contributed by atoms with Gasteiger partial charge in [0.1, 0.15) is 18.1 Å². The quantitative estimate of drug-likeness (QED) is 0.701. The Bertz CT molecular complexity index is 359. The van der Waals surface area contributed by atoms with Gasteiger partial charge in [0.2, 0.25) is 0 Å². The van der Waals surface area contributed by atoms with Gasteiger partial charge in [-0.05, 0) is 20.8 Å². The molecule has 1 aliphatic rings. The average Bonchev–Trinajstić information content (AvgIpc) is 2.13. The zero-order valence-electron chi connectivity index (χ0n) is 10.6. The number of carbonyl (C=O) groups excluding carboxylic acids is 2. The van der Waals surface area contributed by atoms with Gasteiger partial charge in [-0.2, -0.15) is 0 Å². The highest BCUT2D eigenvalue weighted by atomic mass is 16.6. The van der Waals surface area contributed by atoms with E-state index in [0.717, 1.165) is 0 Å². The molecule has 0 radical (unpaired) electrons. The van der Waals surface area contributed by atoms with Gasteiger partial charge in [-0.1, -0.05) is 0 Å².